The fourth-order valence-electron chi connectivity index (χ4n) is 4.42. The van der Waals surface area contributed by atoms with Crippen molar-refractivity contribution < 1.29 is 29.3 Å². The molecular weight excluding hydrogens is 485 g/mol. The van der Waals surface area contributed by atoms with Crippen LogP contribution >= 0.6 is 0 Å². The second kappa shape index (κ2) is 13.1. The molecule has 7 heteroatoms. The standard InChI is InChI=1S/C31H34FNO5/c1-19-13-20(2)26(27(14-19)23-9-12-28(32)21(3)15-23)11-10-24(34)17-25(35)18-30(36)33-29(31(37)38)16-22-7-5-4-6-8-22/h4-15,24-25,29,34-35H,16-18H2,1-3H3,(H,33,36)(H,37,38)/t24?,25?,29-/m0/s1. The van der Waals surface area contributed by atoms with E-state index in [2.05, 4.69) is 5.32 Å². The summed E-state index contributed by atoms with van der Waals surface area (Å²) in [5, 5.41) is 32.8. The molecule has 4 N–H and O–H groups in total. The van der Waals surface area contributed by atoms with E-state index in [0.29, 0.717) is 5.56 Å². The summed E-state index contributed by atoms with van der Waals surface area (Å²) in [5.41, 5.74) is 5.93. The minimum Gasteiger partial charge on any atom is -0.480 e. The van der Waals surface area contributed by atoms with E-state index in [1.807, 2.05) is 32.0 Å². The number of aliphatic hydroxyl groups is 2. The van der Waals surface area contributed by atoms with Gasteiger partial charge in [-0.25, -0.2) is 9.18 Å². The van der Waals surface area contributed by atoms with Crippen molar-refractivity contribution in [2.75, 3.05) is 0 Å². The van der Waals surface area contributed by atoms with Gasteiger partial charge in [0.2, 0.25) is 5.91 Å². The number of carboxylic acids is 1. The second-order valence-corrected chi connectivity index (χ2v) is 9.68. The van der Waals surface area contributed by atoms with Gasteiger partial charge in [-0.3, -0.25) is 4.79 Å². The highest BCUT2D eigenvalue weighted by atomic mass is 19.1. The summed E-state index contributed by atoms with van der Waals surface area (Å²) < 4.78 is 13.8. The lowest BCUT2D eigenvalue weighted by Gasteiger charge is -2.17. The van der Waals surface area contributed by atoms with Crippen LogP contribution in [0.3, 0.4) is 0 Å². The molecule has 2 unspecified atom stereocenters. The lowest BCUT2D eigenvalue weighted by molar-refractivity contribution is -0.142. The van der Waals surface area contributed by atoms with Crippen molar-refractivity contribution in [2.24, 2.45) is 0 Å². The summed E-state index contributed by atoms with van der Waals surface area (Å²) in [4.78, 5) is 24.0. The number of hydrogen-bond acceptors (Lipinski definition) is 4. The minimum atomic E-state index is -1.17. The van der Waals surface area contributed by atoms with E-state index in [-0.39, 0.29) is 25.1 Å². The summed E-state index contributed by atoms with van der Waals surface area (Å²) in [6.45, 7) is 5.64. The molecule has 0 radical (unpaired) electrons. The molecule has 1 amide bonds. The molecular formula is C31H34FNO5. The first-order chi connectivity index (χ1) is 18.0. The van der Waals surface area contributed by atoms with Crippen molar-refractivity contribution in [1.29, 1.82) is 0 Å². The van der Waals surface area contributed by atoms with E-state index in [1.54, 1.807) is 55.5 Å². The number of nitrogens with one attached hydrogen (secondary N) is 1. The van der Waals surface area contributed by atoms with Gasteiger partial charge in [0.25, 0.3) is 0 Å². The molecule has 3 atom stereocenters. The molecule has 0 bridgehead atoms. The fraction of sp³-hybridized carbons (Fsp3) is 0.290. The molecule has 0 saturated heterocycles. The molecule has 3 aromatic rings. The van der Waals surface area contributed by atoms with Crippen LogP contribution in [0.25, 0.3) is 17.2 Å². The van der Waals surface area contributed by atoms with Crippen molar-refractivity contribution in [3.8, 4) is 11.1 Å². The first kappa shape index (κ1) is 28.8. The molecule has 0 aliphatic rings. The summed E-state index contributed by atoms with van der Waals surface area (Å²) in [7, 11) is 0. The normalized spacial score (nSPS) is 13.7. The Morgan fingerprint density at radius 1 is 0.974 bits per heavy atom. The van der Waals surface area contributed by atoms with Crippen LogP contribution in [0, 0.1) is 26.6 Å². The Morgan fingerprint density at radius 3 is 2.34 bits per heavy atom. The van der Waals surface area contributed by atoms with Crippen LogP contribution in [-0.2, 0) is 16.0 Å². The Kier molecular flexibility index (Phi) is 9.93. The molecule has 0 aliphatic carbocycles. The Balaban J connectivity index is 1.64. The van der Waals surface area contributed by atoms with E-state index < -0.39 is 30.1 Å². The number of aryl methyl sites for hydroxylation is 3. The first-order valence-corrected chi connectivity index (χ1v) is 12.5. The van der Waals surface area contributed by atoms with Crippen molar-refractivity contribution >= 4 is 18.0 Å². The van der Waals surface area contributed by atoms with Crippen LogP contribution in [-0.4, -0.2) is 45.4 Å². The number of halogens is 1. The molecule has 0 heterocycles. The quantitative estimate of drug-likeness (QED) is 0.293. The van der Waals surface area contributed by atoms with Crippen molar-refractivity contribution in [3.63, 3.8) is 0 Å². The van der Waals surface area contributed by atoms with Crippen LogP contribution in [0.15, 0.2) is 66.7 Å². The number of carbonyl (C=O) groups excluding carboxylic acids is 1. The Hall–Kier alpha value is -3.81. The highest BCUT2D eigenvalue weighted by molar-refractivity contribution is 5.84. The predicted octanol–water partition coefficient (Wildman–Crippen LogP) is 4.75. The average Bonchev–Trinajstić information content (AvgIpc) is 2.84. The Labute approximate surface area is 222 Å². The zero-order valence-corrected chi connectivity index (χ0v) is 21.8. The maximum atomic E-state index is 13.8. The average molecular weight is 520 g/mol. The molecule has 3 aromatic carbocycles. The van der Waals surface area contributed by atoms with Gasteiger partial charge in [0.05, 0.1) is 18.6 Å². The number of carboxylic acid groups (broad SMARTS) is 1. The van der Waals surface area contributed by atoms with Crippen molar-refractivity contribution in [3.05, 3.63) is 100 Å². The van der Waals surface area contributed by atoms with E-state index in [0.717, 1.165) is 33.4 Å². The van der Waals surface area contributed by atoms with E-state index >= 15 is 0 Å². The summed E-state index contributed by atoms with van der Waals surface area (Å²) >= 11 is 0. The number of amides is 1. The van der Waals surface area contributed by atoms with Gasteiger partial charge in [-0.05, 0) is 66.3 Å². The molecule has 200 valence electrons. The van der Waals surface area contributed by atoms with Crippen LogP contribution in [0.1, 0.15) is 40.7 Å². The van der Waals surface area contributed by atoms with Gasteiger partial charge >= 0.3 is 5.97 Å². The summed E-state index contributed by atoms with van der Waals surface area (Å²) in [5.74, 6) is -2.06. The van der Waals surface area contributed by atoms with Crippen LogP contribution in [0.5, 0.6) is 0 Å². The van der Waals surface area contributed by atoms with Gasteiger partial charge in [0.15, 0.2) is 0 Å². The maximum absolute atomic E-state index is 13.8. The molecule has 38 heavy (non-hydrogen) atoms. The summed E-state index contributed by atoms with van der Waals surface area (Å²) in [6, 6.07) is 16.8. The number of hydrogen-bond donors (Lipinski definition) is 4. The molecule has 0 aromatic heterocycles. The molecule has 0 saturated carbocycles. The molecule has 0 spiro atoms. The Morgan fingerprint density at radius 2 is 1.68 bits per heavy atom. The molecule has 0 aliphatic heterocycles. The van der Waals surface area contributed by atoms with Gasteiger partial charge in [-0.15, -0.1) is 0 Å². The largest absolute Gasteiger partial charge is 0.480 e. The van der Waals surface area contributed by atoms with Crippen LogP contribution < -0.4 is 5.32 Å². The van der Waals surface area contributed by atoms with Gasteiger partial charge in [-0.1, -0.05) is 66.2 Å². The lowest BCUT2D eigenvalue weighted by atomic mass is 9.92. The Bertz CT molecular complexity index is 1310. The third kappa shape index (κ3) is 8.10. The van der Waals surface area contributed by atoms with Crippen molar-refractivity contribution in [2.45, 2.75) is 58.3 Å². The van der Waals surface area contributed by atoms with E-state index in [9.17, 15) is 29.3 Å². The lowest BCUT2D eigenvalue weighted by Crippen LogP contribution is -2.43. The predicted molar refractivity (Wildman–Crippen MR) is 146 cm³/mol. The molecule has 3 rings (SSSR count). The second-order valence-electron chi connectivity index (χ2n) is 9.68. The van der Waals surface area contributed by atoms with Gasteiger partial charge in [0.1, 0.15) is 11.9 Å². The van der Waals surface area contributed by atoms with Crippen molar-refractivity contribution in [1.82, 2.24) is 5.32 Å². The SMILES string of the molecule is Cc1cc(C)c(C=CC(O)CC(O)CC(=O)N[C@@H](Cc2ccccc2)C(=O)O)c(-c2ccc(F)c(C)c2)c1. The monoisotopic (exact) mass is 519 g/mol. The number of rotatable bonds is 11. The third-order valence-corrected chi connectivity index (χ3v) is 6.34. The highest BCUT2D eigenvalue weighted by Gasteiger charge is 2.22. The van der Waals surface area contributed by atoms with Gasteiger partial charge in [0, 0.05) is 12.8 Å². The van der Waals surface area contributed by atoms with E-state index in [4.69, 9.17) is 0 Å². The first-order valence-electron chi connectivity index (χ1n) is 12.5. The number of benzene rings is 3. The topological polar surface area (TPSA) is 107 Å². The minimum absolute atomic E-state index is 0.101. The highest BCUT2D eigenvalue weighted by Crippen LogP contribution is 2.30. The zero-order valence-electron chi connectivity index (χ0n) is 21.8. The number of carbonyl (C=O) groups is 2. The third-order valence-electron chi connectivity index (χ3n) is 6.34. The summed E-state index contributed by atoms with van der Waals surface area (Å²) in [6.07, 6.45) is 0.785. The zero-order chi connectivity index (χ0) is 27.8. The molecule has 0 fully saturated rings. The van der Waals surface area contributed by atoms with Gasteiger partial charge in [-0.2, -0.15) is 0 Å². The smallest absolute Gasteiger partial charge is 0.326 e. The maximum Gasteiger partial charge on any atom is 0.326 e. The number of aliphatic hydroxyl groups excluding tert-OH is 2. The van der Waals surface area contributed by atoms with Crippen LogP contribution in [0.4, 0.5) is 4.39 Å². The number of aliphatic carboxylic acids is 1. The van der Waals surface area contributed by atoms with Crippen LogP contribution in [0.2, 0.25) is 0 Å². The van der Waals surface area contributed by atoms with E-state index in [1.165, 1.54) is 6.07 Å². The fourth-order valence-corrected chi connectivity index (χ4v) is 4.42. The van der Waals surface area contributed by atoms with Gasteiger partial charge < -0.3 is 20.6 Å². The molecule has 6 nitrogen and oxygen atoms in total.